The maximum absolute atomic E-state index is 12.4. The van der Waals surface area contributed by atoms with Gasteiger partial charge in [0.1, 0.15) is 0 Å². The van der Waals surface area contributed by atoms with Gasteiger partial charge in [-0.05, 0) is 26.0 Å². The SMILES string of the molecule is Cc1ccc(C(=O)N(CCCl)CC(F)F)c(C)n1. The molecule has 0 aliphatic heterocycles. The number of rotatable bonds is 5. The molecule has 18 heavy (non-hydrogen) atoms. The van der Waals surface area contributed by atoms with Crippen LogP contribution >= 0.6 is 11.6 Å². The Hall–Kier alpha value is -1.23. The molecule has 1 heterocycles. The van der Waals surface area contributed by atoms with Gasteiger partial charge in [0.05, 0.1) is 17.8 Å². The molecular formula is C12H15ClF2N2O. The van der Waals surface area contributed by atoms with E-state index in [1.807, 2.05) is 0 Å². The van der Waals surface area contributed by atoms with Gasteiger partial charge in [0.2, 0.25) is 0 Å². The molecule has 1 aromatic rings. The van der Waals surface area contributed by atoms with E-state index < -0.39 is 18.9 Å². The monoisotopic (exact) mass is 276 g/mol. The molecule has 0 radical (unpaired) electrons. The molecule has 1 aromatic heterocycles. The Morgan fingerprint density at radius 2 is 2.11 bits per heavy atom. The number of hydrogen-bond acceptors (Lipinski definition) is 2. The smallest absolute Gasteiger partial charge is 0.255 e. The summed E-state index contributed by atoms with van der Waals surface area (Å²) >= 11 is 5.52. The molecule has 100 valence electrons. The van der Waals surface area contributed by atoms with Crippen molar-refractivity contribution in [3.8, 4) is 0 Å². The summed E-state index contributed by atoms with van der Waals surface area (Å²) in [6, 6.07) is 3.29. The van der Waals surface area contributed by atoms with Crippen LogP contribution in [0.15, 0.2) is 12.1 Å². The third kappa shape index (κ3) is 3.91. The minimum Gasteiger partial charge on any atom is -0.332 e. The van der Waals surface area contributed by atoms with Gasteiger partial charge in [-0.25, -0.2) is 8.78 Å². The zero-order valence-electron chi connectivity index (χ0n) is 10.3. The number of hydrogen-bond donors (Lipinski definition) is 0. The van der Waals surface area contributed by atoms with Crippen LogP contribution in [0.4, 0.5) is 8.78 Å². The van der Waals surface area contributed by atoms with Crippen molar-refractivity contribution in [2.45, 2.75) is 20.3 Å². The number of aromatic nitrogens is 1. The van der Waals surface area contributed by atoms with Crippen LogP contribution in [-0.4, -0.2) is 41.2 Å². The molecule has 1 rings (SSSR count). The van der Waals surface area contributed by atoms with Crippen molar-refractivity contribution < 1.29 is 13.6 Å². The van der Waals surface area contributed by atoms with Crippen molar-refractivity contribution in [3.05, 3.63) is 29.1 Å². The summed E-state index contributed by atoms with van der Waals surface area (Å²) in [5, 5.41) is 0. The standard InChI is InChI=1S/C12H15ClF2N2O/c1-8-3-4-10(9(2)16-8)12(18)17(6-5-13)7-11(14)15/h3-4,11H,5-7H2,1-2H3. The molecule has 0 atom stereocenters. The molecule has 0 unspecified atom stereocenters. The molecular weight excluding hydrogens is 262 g/mol. The second kappa shape index (κ2) is 6.64. The maximum atomic E-state index is 12.4. The van der Waals surface area contributed by atoms with Gasteiger partial charge < -0.3 is 4.90 Å². The number of pyridine rings is 1. The topological polar surface area (TPSA) is 33.2 Å². The van der Waals surface area contributed by atoms with E-state index in [1.165, 1.54) is 0 Å². The molecule has 0 spiro atoms. The largest absolute Gasteiger partial charge is 0.332 e. The molecule has 0 saturated heterocycles. The van der Waals surface area contributed by atoms with Crippen LogP contribution in [0.25, 0.3) is 0 Å². The number of amides is 1. The van der Waals surface area contributed by atoms with Gasteiger partial charge in [-0.1, -0.05) is 0 Å². The van der Waals surface area contributed by atoms with E-state index in [4.69, 9.17) is 11.6 Å². The van der Waals surface area contributed by atoms with E-state index in [2.05, 4.69) is 4.98 Å². The average Bonchev–Trinajstić information content (AvgIpc) is 2.27. The van der Waals surface area contributed by atoms with E-state index in [0.717, 1.165) is 10.6 Å². The Labute approximate surface area is 110 Å². The van der Waals surface area contributed by atoms with E-state index in [0.29, 0.717) is 11.3 Å². The molecule has 0 aliphatic carbocycles. The van der Waals surface area contributed by atoms with Crippen molar-refractivity contribution in [1.29, 1.82) is 0 Å². The normalized spacial score (nSPS) is 10.8. The predicted molar refractivity (Wildman–Crippen MR) is 66.3 cm³/mol. The molecule has 0 aromatic carbocycles. The number of aryl methyl sites for hydroxylation is 2. The molecule has 0 fully saturated rings. The number of halogens is 3. The lowest BCUT2D eigenvalue weighted by molar-refractivity contribution is 0.0570. The van der Waals surface area contributed by atoms with E-state index in [9.17, 15) is 13.6 Å². The Balaban J connectivity index is 2.94. The predicted octanol–water partition coefficient (Wildman–Crippen LogP) is 2.64. The summed E-state index contributed by atoms with van der Waals surface area (Å²) in [6.07, 6.45) is -2.57. The fourth-order valence-corrected chi connectivity index (χ4v) is 1.83. The first-order valence-electron chi connectivity index (χ1n) is 5.53. The minimum atomic E-state index is -2.57. The number of alkyl halides is 3. The van der Waals surface area contributed by atoms with Gasteiger partial charge >= 0.3 is 0 Å². The average molecular weight is 277 g/mol. The van der Waals surface area contributed by atoms with E-state index in [-0.39, 0.29) is 12.4 Å². The Bertz CT molecular complexity index is 427. The lowest BCUT2D eigenvalue weighted by Crippen LogP contribution is -2.37. The third-order valence-corrected chi connectivity index (χ3v) is 2.62. The fourth-order valence-electron chi connectivity index (χ4n) is 1.63. The van der Waals surface area contributed by atoms with E-state index >= 15 is 0 Å². The van der Waals surface area contributed by atoms with Crippen LogP contribution in [-0.2, 0) is 0 Å². The van der Waals surface area contributed by atoms with Gasteiger partial charge in [-0.2, -0.15) is 0 Å². The number of nitrogens with zero attached hydrogens (tertiary/aromatic N) is 2. The summed E-state index contributed by atoms with van der Waals surface area (Å²) in [5.74, 6) is -0.336. The second-order valence-electron chi connectivity index (χ2n) is 3.92. The molecule has 0 saturated carbocycles. The summed E-state index contributed by atoms with van der Waals surface area (Å²) in [6.45, 7) is 2.97. The van der Waals surface area contributed by atoms with Crippen molar-refractivity contribution in [3.63, 3.8) is 0 Å². The Kier molecular flexibility index (Phi) is 5.47. The molecule has 0 N–H and O–H groups in total. The van der Waals surface area contributed by atoms with Gasteiger partial charge in [-0.15, -0.1) is 11.6 Å². The first kappa shape index (κ1) is 14.8. The third-order valence-electron chi connectivity index (χ3n) is 2.46. The van der Waals surface area contributed by atoms with Crippen LogP contribution in [0.1, 0.15) is 21.7 Å². The highest BCUT2D eigenvalue weighted by Crippen LogP contribution is 2.11. The lowest BCUT2D eigenvalue weighted by atomic mass is 10.1. The fraction of sp³-hybridized carbons (Fsp3) is 0.500. The maximum Gasteiger partial charge on any atom is 0.255 e. The van der Waals surface area contributed by atoms with Crippen LogP contribution in [0.3, 0.4) is 0 Å². The van der Waals surface area contributed by atoms with E-state index in [1.54, 1.807) is 26.0 Å². The molecule has 0 bridgehead atoms. The zero-order valence-corrected chi connectivity index (χ0v) is 11.0. The van der Waals surface area contributed by atoms with Crippen LogP contribution in [0.5, 0.6) is 0 Å². The highest BCUT2D eigenvalue weighted by atomic mass is 35.5. The lowest BCUT2D eigenvalue weighted by Gasteiger charge is -2.21. The van der Waals surface area contributed by atoms with Gasteiger partial charge in [0.15, 0.2) is 0 Å². The highest BCUT2D eigenvalue weighted by Gasteiger charge is 2.21. The van der Waals surface area contributed by atoms with Gasteiger partial charge in [0.25, 0.3) is 12.3 Å². The first-order chi connectivity index (χ1) is 8.45. The molecule has 6 heteroatoms. The second-order valence-corrected chi connectivity index (χ2v) is 4.29. The highest BCUT2D eigenvalue weighted by molar-refractivity contribution is 6.18. The van der Waals surface area contributed by atoms with Crippen molar-refractivity contribution in [2.75, 3.05) is 19.0 Å². The minimum absolute atomic E-state index is 0.0953. The number of carbonyl (C=O) groups excluding carboxylic acids is 1. The quantitative estimate of drug-likeness (QED) is 0.775. The summed E-state index contributed by atoms with van der Waals surface area (Å²) in [5.41, 5.74) is 1.65. The van der Waals surface area contributed by atoms with Crippen molar-refractivity contribution in [1.82, 2.24) is 9.88 Å². The summed E-state index contributed by atoms with van der Waals surface area (Å²) in [4.78, 5) is 17.3. The van der Waals surface area contributed by atoms with Gasteiger partial charge in [0, 0.05) is 18.1 Å². The van der Waals surface area contributed by atoms with Gasteiger partial charge in [-0.3, -0.25) is 9.78 Å². The van der Waals surface area contributed by atoms with Crippen LogP contribution in [0, 0.1) is 13.8 Å². The zero-order chi connectivity index (χ0) is 13.7. The molecule has 3 nitrogen and oxygen atoms in total. The van der Waals surface area contributed by atoms with Crippen molar-refractivity contribution in [2.24, 2.45) is 0 Å². The van der Waals surface area contributed by atoms with Crippen LogP contribution in [0.2, 0.25) is 0 Å². The van der Waals surface area contributed by atoms with Crippen LogP contribution < -0.4 is 0 Å². The molecule has 0 aliphatic rings. The first-order valence-corrected chi connectivity index (χ1v) is 6.06. The van der Waals surface area contributed by atoms with Crippen molar-refractivity contribution >= 4 is 17.5 Å². The molecule has 1 amide bonds. The summed E-state index contributed by atoms with van der Waals surface area (Å²) < 4.78 is 24.8. The summed E-state index contributed by atoms with van der Waals surface area (Å²) in [7, 11) is 0. The Morgan fingerprint density at radius 1 is 1.44 bits per heavy atom. The Morgan fingerprint density at radius 3 is 2.61 bits per heavy atom. The number of carbonyl (C=O) groups is 1.